The van der Waals surface area contributed by atoms with Crippen LogP contribution >= 0.6 is 0 Å². The largest absolute Gasteiger partial charge is 0.472 e. The van der Waals surface area contributed by atoms with Gasteiger partial charge in [-0.25, -0.2) is 9.97 Å². The zero-order valence-electron chi connectivity index (χ0n) is 9.50. The van der Waals surface area contributed by atoms with Crippen molar-refractivity contribution in [2.45, 2.75) is 6.18 Å². The van der Waals surface area contributed by atoms with E-state index in [4.69, 9.17) is 0 Å². The Bertz CT molecular complexity index is 518. The van der Waals surface area contributed by atoms with Gasteiger partial charge in [0.15, 0.2) is 0 Å². The van der Waals surface area contributed by atoms with Gasteiger partial charge in [0.05, 0.1) is 5.69 Å². The number of rotatable bonds is 2. The molecule has 0 aliphatic heterocycles. The van der Waals surface area contributed by atoms with Gasteiger partial charge in [0.1, 0.15) is 12.1 Å². The number of para-hydroxylation sites is 1. The summed E-state index contributed by atoms with van der Waals surface area (Å²) in [6.07, 6.45) is -2.64. The molecule has 0 radical (unpaired) electrons. The molecular weight excluding hydrogens is 259 g/mol. The molecule has 0 aliphatic carbocycles. The van der Waals surface area contributed by atoms with E-state index < -0.39 is 12.1 Å². The predicted octanol–water partition coefficient (Wildman–Crippen LogP) is 2.70. The highest BCUT2D eigenvalue weighted by Crippen LogP contribution is 2.29. The van der Waals surface area contributed by atoms with Crippen molar-refractivity contribution in [1.29, 1.82) is 0 Å². The van der Waals surface area contributed by atoms with Gasteiger partial charge in [0.2, 0.25) is 0 Å². The smallest absolute Gasteiger partial charge is 0.263 e. The summed E-state index contributed by atoms with van der Waals surface area (Å²) < 4.78 is 37.9. The van der Waals surface area contributed by atoms with E-state index in [2.05, 4.69) is 9.97 Å². The topological polar surface area (TPSA) is 46.1 Å². The number of hydrogen-bond acceptors (Lipinski definition) is 3. The van der Waals surface area contributed by atoms with Crippen LogP contribution in [0.15, 0.2) is 48.9 Å². The molecule has 19 heavy (non-hydrogen) atoms. The van der Waals surface area contributed by atoms with Crippen LogP contribution < -0.4 is 4.90 Å². The van der Waals surface area contributed by atoms with Crippen molar-refractivity contribution < 1.29 is 18.0 Å². The van der Waals surface area contributed by atoms with Crippen LogP contribution in [0, 0.1) is 0 Å². The molecule has 0 bridgehead atoms. The van der Waals surface area contributed by atoms with Gasteiger partial charge in [-0.3, -0.25) is 9.69 Å². The highest BCUT2D eigenvalue weighted by molar-refractivity contribution is 6.02. The van der Waals surface area contributed by atoms with Gasteiger partial charge in [-0.1, -0.05) is 18.2 Å². The summed E-state index contributed by atoms with van der Waals surface area (Å²) in [7, 11) is 0. The number of alkyl halides is 3. The lowest BCUT2D eigenvalue weighted by molar-refractivity contribution is -0.169. The highest BCUT2D eigenvalue weighted by Gasteiger charge is 2.44. The molecule has 1 aromatic heterocycles. The highest BCUT2D eigenvalue weighted by atomic mass is 19.4. The monoisotopic (exact) mass is 267 g/mol. The molecule has 98 valence electrons. The summed E-state index contributed by atoms with van der Waals surface area (Å²) in [4.78, 5) is 19.3. The molecule has 0 fully saturated rings. The zero-order valence-corrected chi connectivity index (χ0v) is 9.50. The van der Waals surface area contributed by atoms with E-state index >= 15 is 0 Å². The van der Waals surface area contributed by atoms with E-state index in [1.807, 2.05) is 0 Å². The Morgan fingerprint density at radius 3 is 2.32 bits per heavy atom. The van der Waals surface area contributed by atoms with Gasteiger partial charge in [0.25, 0.3) is 0 Å². The number of anilines is 2. The lowest BCUT2D eigenvalue weighted by Crippen LogP contribution is -2.38. The maximum absolute atomic E-state index is 12.6. The molecule has 2 rings (SSSR count). The molecule has 0 N–H and O–H groups in total. The predicted molar refractivity (Wildman–Crippen MR) is 61.7 cm³/mol. The Kier molecular flexibility index (Phi) is 3.46. The van der Waals surface area contributed by atoms with E-state index in [1.165, 1.54) is 36.5 Å². The second-order valence-corrected chi connectivity index (χ2v) is 3.54. The van der Waals surface area contributed by atoms with Gasteiger partial charge < -0.3 is 0 Å². The lowest BCUT2D eigenvalue weighted by atomic mass is 10.2. The van der Waals surface area contributed by atoms with Gasteiger partial charge >= 0.3 is 12.1 Å². The van der Waals surface area contributed by atoms with Crippen molar-refractivity contribution >= 4 is 17.4 Å². The molecule has 0 saturated heterocycles. The van der Waals surface area contributed by atoms with Crippen LogP contribution in [-0.2, 0) is 4.79 Å². The minimum absolute atomic E-state index is 0.0866. The Morgan fingerprint density at radius 1 is 1.11 bits per heavy atom. The molecule has 0 unspecified atom stereocenters. The van der Waals surface area contributed by atoms with Crippen molar-refractivity contribution in [2.75, 3.05) is 4.90 Å². The Labute approximate surface area is 106 Å². The SMILES string of the molecule is O=C(N(c1ccccc1)c1ccncn1)C(F)(F)F. The molecule has 4 nitrogen and oxygen atoms in total. The minimum Gasteiger partial charge on any atom is -0.263 e. The second-order valence-electron chi connectivity index (χ2n) is 3.54. The number of hydrogen-bond donors (Lipinski definition) is 0. The first-order valence-electron chi connectivity index (χ1n) is 5.22. The third-order valence-corrected chi connectivity index (χ3v) is 2.26. The summed E-state index contributed by atoms with van der Waals surface area (Å²) in [6, 6.07) is 8.73. The van der Waals surface area contributed by atoms with Gasteiger partial charge in [-0.05, 0) is 18.2 Å². The van der Waals surface area contributed by atoms with E-state index in [0.717, 1.165) is 6.33 Å². The van der Waals surface area contributed by atoms with Crippen molar-refractivity contribution in [3.8, 4) is 0 Å². The van der Waals surface area contributed by atoms with Crippen LogP contribution in [0.2, 0.25) is 0 Å². The maximum Gasteiger partial charge on any atom is 0.472 e. The van der Waals surface area contributed by atoms with Crippen LogP contribution in [0.1, 0.15) is 0 Å². The quantitative estimate of drug-likeness (QED) is 0.840. The van der Waals surface area contributed by atoms with Crippen LogP contribution in [0.5, 0.6) is 0 Å². The Morgan fingerprint density at radius 2 is 1.79 bits per heavy atom. The standard InChI is InChI=1S/C12H8F3N3O/c13-12(14,15)11(19)18(9-4-2-1-3-5-9)10-6-7-16-8-17-10/h1-8H. The van der Waals surface area contributed by atoms with Crippen LogP contribution in [0.4, 0.5) is 24.7 Å². The summed E-state index contributed by atoms with van der Waals surface area (Å²) in [5.41, 5.74) is 0.0866. The fourth-order valence-corrected chi connectivity index (χ4v) is 1.47. The first-order chi connectivity index (χ1) is 9.00. The molecule has 0 spiro atoms. The minimum atomic E-state index is -4.99. The summed E-state index contributed by atoms with van der Waals surface area (Å²) >= 11 is 0. The molecule has 1 aromatic carbocycles. The van der Waals surface area contributed by atoms with Crippen molar-refractivity contribution in [2.24, 2.45) is 0 Å². The molecule has 1 amide bonds. The van der Waals surface area contributed by atoms with Gasteiger partial charge in [0, 0.05) is 6.20 Å². The molecule has 2 aromatic rings. The molecule has 1 heterocycles. The maximum atomic E-state index is 12.6. The van der Waals surface area contributed by atoms with Crippen LogP contribution in [0.3, 0.4) is 0 Å². The first kappa shape index (κ1) is 13.0. The van der Waals surface area contributed by atoms with Gasteiger partial charge in [-0.2, -0.15) is 13.2 Å². The summed E-state index contributed by atoms with van der Waals surface area (Å²) in [5.74, 6) is -2.14. The van der Waals surface area contributed by atoms with Crippen molar-refractivity contribution in [3.63, 3.8) is 0 Å². The fraction of sp³-hybridized carbons (Fsp3) is 0.0833. The van der Waals surface area contributed by atoms with E-state index in [0.29, 0.717) is 4.90 Å². The number of aromatic nitrogens is 2. The number of amides is 1. The molecule has 0 atom stereocenters. The molecule has 0 aliphatic rings. The third-order valence-electron chi connectivity index (χ3n) is 2.26. The number of benzene rings is 1. The van der Waals surface area contributed by atoms with E-state index in [1.54, 1.807) is 6.07 Å². The zero-order chi connectivity index (χ0) is 13.9. The van der Waals surface area contributed by atoms with Crippen molar-refractivity contribution in [1.82, 2.24) is 9.97 Å². The summed E-state index contributed by atoms with van der Waals surface area (Å²) in [6.45, 7) is 0. The number of carbonyl (C=O) groups is 1. The van der Waals surface area contributed by atoms with Gasteiger partial charge in [-0.15, -0.1) is 0 Å². The van der Waals surface area contributed by atoms with E-state index in [9.17, 15) is 18.0 Å². The normalized spacial score (nSPS) is 11.1. The second kappa shape index (κ2) is 5.05. The average molecular weight is 267 g/mol. The van der Waals surface area contributed by atoms with Crippen molar-refractivity contribution in [3.05, 3.63) is 48.9 Å². The first-order valence-corrected chi connectivity index (χ1v) is 5.22. The average Bonchev–Trinajstić information content (AvgIpc) is 2.40. The lowest BCUT2D eigenvalue weighted by Gasteiger charge is -2.22. The molecule has 7 heteroatoms. The van der Waals surface area contributed by atoms with E-state index in [-0.39, 0.29) is 11.5 Å². The number of carbonyl (C=O) groups excluding carboxylic acids is 1. The van der Waals surface area contributed by atoms with Crippen LogP contribution in [-0.4, -0.2) is 22.1 Å². The summed E-state index contributed by atoms with van der Waals surface area (Å²) in [5, 5.41) is 0. The Balaban J connectivity index is 2.49. The molecular formula is C12H8F3N3O. The molecule has 0 saturated carbocycles. The third kappa shape index (κ3) is 2.87. The number of halogens is 3. The number of nitrogens with zero attached hydrogens (tertiary/aromatic N) is 3. The Hall–Kier alpha value is -2.44. The fourth-order valence-electron chi connectivity index (χ4n) is 1.47. The van der Waals surface area contributed by atoms with Crippen LogP contribution in [0.25, 0.3) is 0 Å².